The van der Waals surface area contributed by atoms with Crippen molar-refractivity contribution in [2.75, 3.05) is 51.7 Å². The second-order valence-corrected chi connectivity index (χ2v) is 16.0. The number of hydrogen-bond donors (Lipinski definition) is 2. The molecule has 0 saturated carbocycles. The highest BCUT2D eigenvalue weighted by atomic mass is 79.9. The van der Waals surface area contributed by atoms with E-state index in [1.807, 2.05) is 82.2 Å². The molecule has 1 aliphatic heterocycles. The molecule has 1 unspecified atom stereocenters. The number of phenolic OH excluding ortho intramolecular Hbond substituents is 1. The highest BCUT2D eigenvalue weighted by Crippen LogP contribution is 2.47. The molecular formula is C46H55BrN4O6S. The number of ether oxygens (including phenoxy) is 1. The molecule has 0 radical (unpaired) electrons. The van der Waals surface area contributed by atoms with Gasteiger partial charge in [0.15, 0.2) is 18.3 Å². The number of fused-ring (bicyclic) bond motifs is 1. The third-order valence-electron chi connectivity index (χ3n) is 10.0. The highest BCUT2D eigenvalue weighted by molar-refractivity contribution is 9.10. The summed E-state index contributed by atoms with van der Waals surface area (Å²) in [5.74, 6) is 1.63. The van der Waals surface area contributed by atoms with Crippen LogP contribution in [0.3, 0.4) is 0 Å². The number of benzene rings is 4. The standard InChI is InChI=1S/C36H33BrN2O4S.C8H16N2O2.C2H6/c37-29-9-6-26(7-10-29)36-35(33-15-12-31(42)22-34(33)44-36)43-32-13-4-25(5-14-32)3-1-2-16-38-17-19-39(20-18-38)30-11-8-27(23-40)28(21-30)24-41;1-7(10(2)3)4-5-8(12)9-6-11;1-2/h4-15,21-24,42H,1-3,16-20H2;6-7H,4-5H2,1-3H3,(H,9,11,12);1-2H3. The van der Waals surface area contributed by atoms with Crippen LogP contribution < -0.4 is 15.0 Å². The van der Waals surface area contributed by atoms with Crippen LogP contribution in [-0.2, 0) is 16.0 Å². The SMILES string of the molecule is CC.CC(CCC(=O)NC=O)N(C)C.O=Cc1ccc(N2CCN(CCCCc3ccc(Oc4c(-c5ccc(Br)cc5)sc5cc(O)ccc45)cc3)CC2)cc1C=O. The normalized spacial score (nSPS) is 13.1. The second-order valence-electron chi connectivity index (χ2n) is 14.1. The molecule has 1 aliphatic rings. The molecule has 12 heteroatoms. The fourth-order valence-electron chi connectivity index (χ4n) is 6.39. The summed E-state index contributed by atoms with van der Waals surface area (Å²) in [6.45, 7) is 10.9. The quantitative estimate of drug-likeness (QED) is 0.0738. The van der Waals surface area contributed by atoms with E-state index in [0.717, 1.165) is 113 Å². The Morgan fingerprint density at radius 3 is 2.22 bits per heavy atom. The first-order valence-corrected chi connectivity index (χ1v) is 21.4. The van der Waals surface area contributed by atoms with Crippen LogP contribution in [0.1, 0.15) is 72.7 Å². The first-order chi connectivity index (χ1) is 28.1. The first kappa shape index (κ1) is 45.8. The van der Waals surface area contributed by atoms with Gasteiger partial charge in [-0.25, -0.2) is 0 Å². The number of carbonyl (C=O) groups excluding carboxylic acids is 4. The van der Waals surface area contributed by atoms with Gasteiger partial charge in [-0.2, -0.15) is 0 Å². The molecule has 0 aliphatic carbocycles. The molecule has 2 heterocycles. The summed E-state index contributed by atoms with van der Waals surface area (Å²) in [6.07, 6.45) is 6.34. The maximum Gasteiger partial charge on any atom is 0.226 e. The predicted molar refractivity (Wildman–Crippen MR) is 240 cm³/mol. The van der Waals surface area contributed by atoms with Crippen molar-refractivity contribution < 1.29 is 29.0 Å². The average molecular weight is 872 g/mol. The van der Waals surface area contributed by atoms with Gasteiger partial charge in [0, 0.05) is 70.0 Å². The third kappa shape index (κ3) is 13.3. The fraction of sp³-hybridized carbons (Fsp3) is 0.348. The van der Waals surface area contributed by atoms with E-state index >= 15 is 0 Å². The molecule has 2 amide bonds. The van der Waals surface area contributed by atoms with Crippen molar-refractivity contribution in [2.45, 2.75) is 58.9 Å². The summed E-state index contributed by atoms with van der Waals surface area (Å²) in [5, 5.41) is 13.1. The highest BCUT2D eigenvalue weighted by Gasteiger charge is 2.19. The zero-order valence-electron chi connectivity index (χ0n) is 34.1. The number of piperazine rings is 1. The Morgan fingerprint density at radius 1 is 0.897 bits per heavy atom. The van der Waals surface area contributed by atoms with E-state index < -0.39 is 0 Å². The summed E-state index contributed by atoms with van der Waals surface area (Å²) >= 11 is 5.13. The Hall–Kier alpha value is -4.88. The summed E-state index contributed by atoms with van der Waals surface area (Å²) in [6, 6.07) is 27.8. The van der Waals surface area contributed by atoms with Crippen LogP contribution in [0.15, 0.2) is 89.4 Å². The number of aromatic hydroxyl groups is 1. The van der Waals surface area contributed by atoms with Crippen molar-refractivity contribution >= 4 is 67.9 Å². The van der Waals surface area contributed by atoms with E-state index in [1.54, 1.807) is 29.5 Å². The number of thiophene rings is 1. The molecule has 1 atom stereocenters. The number of imide groups is 1. The van der Waals surface area contributed by atoms with Gasteiger partial charge in [-0.15, -0.1) is 11.3 Å². The number of nitrogens with zero attached hydrogens (tertiary/aromatic N) is 3. The van der Waals surface area contributed by atoms with Crippen molar-refractivity contribution in [1.29, 1.82) is 0 Å². The molecule has 58 heavy (non-hydrogen) atoms. The van der Waals surface area contributed by atoms with E-state index in [1.165, 1.54) is 5.56 Å². The smallest absolute Gasteiger partial charge is 0.226 e. The molecule has 10 nitrogen and oxygen atoms in total. The third-order valence-corrected chi connectivity index (χ3v) is 11.7. The van der Waals surface area contributed by atoms with Gasteiger partial charge in [0.05, 0.1) is 4.88 Å². The number of aldehydes is 2. The molecule has 1 saturated heterocycles. The van der Waals surface area contributed by atoms with Crippen LogP contribution in [0.2, 0.25) is 0 Å². The number of unbranched alkanes of at least 4 members (excludes halogenated alkanes) is 1. The lowest BCUT2D eigenvalue weighted by Crippen LogP contribution is -2.46. The van der Waals surface area contributed by atoms with Gasteiger partial charge in [-0.3, -0.25) is 29.4 Å². The van der Waals surface area contributed by atoms with Gasteiger partial charge in [0.2, 0.25) is 12.3 Å². The predicted octanol–water partition coefficient (Wildman–Crippen LogP) is 9.61. The van der Waals surface area contributed by atoms with Gasteiger partial charge >= 0.3 is 0 Å². The number of amides is 2. The molecule has 1 aromatic heterocycles. The minimum absolute atomic E-state index is 0.210. The van der Waals surface area contributed by atoms with Crippen LogP contribution in [-0.4, -0.2) is 92.7 Å². The monoisotopic (exact) mass is 870 g/mol. The minimum atomic E-state index is -0.210. The Kier molecular flexibility index (Phi) is 18.6. The zero-order chi connectivity index (χ0) is 42.0. The number of aryl methyl sites for hydroxylation is 1. The van der Waals surface area contributed by atoms with Crippen LogP contribution >= 0.6 is 27.3 Å². The number of anilines is 1. The van der Waals surface area contributed by atoms with Crippen LogP contribution in [0.5, 0.6) is 17.2 Å². The van der Waals surface area contributed by atoms with E-state index in [0.29, 0.717) is 30.0 Å². The van der Waals surface area contributed by atoms with Gasteiger partial charge in [-0.05, 0) is 125 Å². The van der Waals surface area contributed by atoms with Gasteiger partial charge in [-0.1, -0.05) is 54.0 Å². The van der Waals surface area contributed by atoms with Crippen molar-refractivity contribution in [1.82, 2.24) is 15.1 Å². The zero-order valence-corrected chi connectivity index (χ0v) is 36.5. The van der Waals surface area contributed by atoms with Crippen molar-refractivity contribution in [3.8, 4) is 27.7 Å². The Labute approximate surface area is 354 Å². The molecule has 4 aromatic carbocycles. The lowest BCUT2D eigenvalue weighted by Gasteiger charge is -2.36. The number of hydrogen-bond acceptors (Lipinski definition) is 10. The molecule has 308 valence electrons. The molecule has 1 fully saturated rings. The van der Waals surface area contributed by atoms with Crippen LogP contribution in [0.4, 0.5) is 5.69 Å². The first-order valence-electron chi connectivity index (χ1n) is 19.8. The van der Waals surface area contributed by atoms with E-state index in [9.17, 15) is 24.3 Å². The largest absolute Gasteiger partial charge is 0.508 e. The number of phenols is 1. The molecular weight excluding hydrogens is 816 g/mol. The summed E-state index contributed by atoms with van der Waals surface area (Å²) < 4.78 is 8.49. The van der Waals surface area contributed by atoms with E-state index in [2.05, 4.69) is 55.3 Å². The molecule has 0 spiro atoms. The van der Waals surface area contributed by atoms with E-state index in [4.69, 9.17) is 4.74 Å². The number of rotatable bonds is 16. The molecule has 6 rings (SSSR count). The maximum absolute atomic E-state index is 11.3. The summed E-state index contributed by atoms with van der Waals surface area (Å²) in [4.78, 5) is 51.0. The summed E-state index contributed by atoms with van der Waals surface area (Å²) in [5.41, 5.74) is 4.25. The topological polar surface area (TPSA) is 119 Å². The maximum atomic E-state index is 11.3. The van der Waals surface area contributed by atoms with Gasteiger partial charge in [0.1, 0.15) is 11.5 Å². The molecule has 0 bridgehead atoms. The molecule has 2 N–H and O–H groups in total. The number of carbonyl (C=O) groups is 4. The Balaban J connectivity index is 0.000000458. The Bertz CT molecular complexity index is 2080. The second kappa shape index (κ2) is 23.5. The average Bonchev–Trinajstić information content (AvgIpc) is 3.59. The molecule has 5 aromatic rings. The fourth-order valence-corrected chi connectivity index (χ4v) is 7.83. The van der Waals surface area contributed by atoms with Crippen LogP contribution in [0.25, 0.3) is 20.5 Å². The summed E-state index contributed by atoms with van der Waals surface area (Å²) in [7, 11) is 3.92. The van der Waals surface area contributed by atoms with Crippen molar-refractivity contribution in [2.24, 2.45) is 0 Å². The lowest BCUT2D eigenvalue weighted by atomic mass is 10.1. The van der Waals surface area contributed by atoms with E-state index in [-0.39, 0.29) is 11.7 Å². The van der Waals surface area contributed by atoms with Crippen molar-refractivity contribution in [3.63, 3.8) is 0 Å². The lowest BCUT2D eigenvalue weighted by molar-refractivity contribution is -0.125. The number of nitrogens with one attached hydrogen (secondary N) is 1. The van der Waals surface area contributed by atoms with Crippen LogP contribution in [0, 0.1) is 0 Å². The van der Waals surface area contributed by atoms with Gasteiger partial charge in [0.25, 0.3) is 0 Å². The minimum Gasteiger partial charge on any atom is -0.508 e. The van der Waals surface area contributed by atoms with Crippen molar-refractivity contribution in [3.05, 3.63) is 106 Å². The number of halogens is 1. The Morgan fingerprint density at radius 2 is 1.59 bits per heavy atom. The van der Waals surface area contributed by atoms with Gasteiger partial charge < -0.3 is 19.6 Å².